The summed E-state index contributed by atoms with van der Waals surface area (Å²) in [7, 11) is 0. The predicted octanol–water partition coefficient (Wildman–Crippen LogP) is 1.35. The number of hydrogen-bond donors (Lipinski definition) is 3. The Bertz CT molecular complexity index is 1060. The number of nitrogens with zero attached hydrogens (tertiary/aromatic N) is 5. The lowest BCUT2D eigenvalue weighted by Crippen LogP contribution is -2.48. The molecule has 0 bridgehead atoms. The smallest absolute Gasteiger partial charge is 0.252 e. The van der Waals surface area contributed by atoms with E-state index < -0.39 is 18.1 Å². The number of rotatable bonds is 4. The van der Waals surface area contributed by atoms with Crippen LogP contribution in [0.4, 0.5) is 15.9 Å². The number of fused-ring (bicyclic) bond motifs is 1. The molecule has 4 N–H and O–H groups in total. The van der Waals surface area contributed by atoms with Gasteiger partial charge in [0, 0.05) is 24.3 Å². The van der Waals surface area contributed by atoms with Crippen LogP contribution in [0.2, 0.25) is 0 Å². The molecule has 0 radical (unpaired) electrons. The van der Waals surface area contributed by atoms with Gasteiger partial charge in [0.15, 0.2) is 5.69 Å². The van der Waals surface area contributed by atoms with Crippen LogP contribution in [0.1, 0.15) is 22.5 Å². The third kappa shape index (κ3) is 3.18. The predicted molar refractivity (Wildman–Crippen MR) is 100 cm³/mol. The number of carbonyl (C=O) groups excluding carboxylic acids is 1. The summed E-state index contributed by atoms with van der Waals surface area (Å²) in [5.41, 5.74) is 6.98. The van der Waals surface area contributed by atoms with Gasteiger partial charge in [-0.25, -0.2) is 19.3 Å². The van der Waals surface area contributed by atoms with Crippen molar-refractivity contribution in [1.82, 2.24) is 19.9 Å². The number of carbonyl (C=O) groups is 1. The maximum atomic E-state index is 14.9. The molecule has 1 fully saturated rings. The molecule has 1 aliphatic rings. The number of piperidine rings is 1. The van der Waals surface area contributed by atoms with Crippen LogP contribution in [0.25, 0.3) is 11.0 Å². The first-order valence-electron chi connectivity index (χ1n) is 8.70. The molecule has 1 amide bonds. The van der Waals surface area contributed by atoms with Gasteiger partial charge in [-0.05, 0) is 12.5 Å². The van der Waals surface area contributed by atoms with E-state index in [4.69, 9.17) is 11.0 Å². The number of pyridine rings is 1. The molecule has 9 nitrogen and oxygen atoms in total. The highest BCUT2D eigenvalue weighted by Gasteiger charge is 2.31. The van der Waals surface area contributed by atoms with Gasteiger partial charge >= 0.3 is 0 Å². The summed E-state index contributed by atoms with van der Waals surface area (Å²) >= 11 is 0. The Morgan fingerprint density at radius 3 is 2.89 bits per heavy atom. The van der Waals surface area contributed by atoms with E-state index in [1.165, 1.54) is 18.6 Å². The van der Waals surface area contributed by atoms with Crippen molar-refractivity contribution in [3.05, 3.63) is 42.1 Å². The van der Waals surface area contributed by atoms with Crippen LogP contribution in [-0.2, 0) is 0 Å². The molecular weight excluding hydrogens is 363 g/mol. The fourth-order valence-electron chi connectivity index (χ4n) is 3.35. The van der Waals surface area contributed by atoms with Crippen molar-refractivity contribution in [3.8, 4) is 6.07 Å². The zero-order chi connectivity index (χ0) is 19.7. The topological polar surface area (TPSA) is 137 Å². The molecule has 142 valence electrons. The minimum Gasteiger partial charge on any atom is -0.378 e. The number of hydrogen-bond acceptors (Lipinski definition) is 7. The van der Waals surface area contributed by atoms with E-state index in [0.717, 1.165) is 0 Å². The van der Waals surface area contributed by atoms with Crippen LogP contribution in [0.5, 0.6) is 0 Å². The monoisotopic (exact) mass is 380 g/mol. The molecule has 2 atom stereocenters. The molecular formula is C18H17FN8O. The number of H-pyrrole nitrogens is 1. The summed E-state index contributed by atoms with van der Waals surface area (Å²) < 4.78 is 14.9. The Hall–Kier alpha value is -3.74. The fourth-order valence-corrected chi connectivity index (χ4v) is 3.35. The number of alkyl halides is 1. The minimum atomic E-state index is -1.21. The van der Waals surface area contributed by atoms with Crippen molar-refractivity contribution in [2.24, 2.45) is 5.73 Å². The van der Waals surface area contributed by atoms with E-state index in [1.807, 2.05) is 6.07 Å². The summed E-state index contributed by atoms with van der Waals surface area (Å²) in [6.07, 6.45) is 5.19. The van der Waals surface area contributed by atoms with Crippen LogP contribution in [0.15, 0.2) is 30.9 Å². The molecule has 4 rings (SSSR count). The van der Waals surface area contributed by atoms with Gasteiger partial charge in [0.05, 0.1) is 36.2 Å². The van der Waals surface area contributed by atoms with E-state index >= 15 is 0 Å². The Labute approximate surface area is 159 Å². The zero-order valence-corrected chi connectivity index (χ0v) is 14.8. The van der Waals surface area contributed by atoms with Crippen molar-refractivity contribution in [2.75, 3.05) is 23.3 Å². The molecule has 10 heteroatoms. The number of nitrogens with two attached hydrogens (primary N) is 1. The molecule has 0 aliphatic carbocycles. The van der Waals surface area contributed by atoms with Crippen LogP contribution in [0, 0.1) is 11.3 Å². The molecule has 0 aromatic carbocycles. The van der Waals surface area contributed by atoms with E-state index in [2.05, 4.69) is 25.3 Å². The van der Waals surface area contributed by atoms with Gasteiger partial charge in [0.1, 0.15) is 23.7 Å². The number of nitrogens with one attached hydrogen (secondary N) is 2. The van der Waals surface area contributed by atoms with E-state index in [0.29, 0.717) is 35.5 Å². The van der Waals surface area contributed by atoms with Gasteiger partial charge in [0.2, 0.25) is 0 Å². The highest BCUT2D eigenvalue weighted by atomic mass is 19.1. The molecule has 4 heterocycles. The summed E-state index contributed by atoms with van der Waals surface area (Å²) in [6.45, 7) is 0.664. The highest BCUT2D eigenvalue weighted by molar-refractivity contribution is 6.06. The Balaban J connectivity index is 1.54. The Kier molecular flexibility index (Phi) is 4.49. The number of aromatic nitrogens is 4. The second-order valence-electron chi connectivity index (χ2n) is 6.52. The fraction of sp³-hybridized carbons (Fsp3) is 0.278. The average molecular weight is 380 g/mol. The second-order valence-corrected chi connectivity index (χ2v) is 6.52. The summed E-state index contributed by atoms with van der Waals surface area (Å²) in [6, 6.07) is 3.18. The van der Waals surface area contributed by atoms with Gasteiger partial charge in [-0.1, -0.05) is 0 Å². The largest absolute Gasteiger partial charge is 0.378 e. The van der Waals surface area contributed by atoms with Gasteiger partial charge < -0.3 is 20.9 Å². The quantitative estimate of drug-likeness (QED) is 0.621. The summed E-state index contributed by atoms with van der Waals surface area (Å²) in [4.78, 5) is 28.9. The lowest BCUT2D eigenvalue weighted by Gasteiger charge is -2.36. The number of anilines is 2. The number of halogens is 1. The third-order valence-corrected chi connectivity index (χ3v) is 4.80. The normalized spacial score (nSPS) is 19.4. The van der Waals surface area contributed by atoms with Crippen molar-refractivity contribution in [2.45, 2.75) is 18.6 Å². The van der Waals surface area contributed by atoms with Crippen LogP contribution >= 0.6 is 0 Å². The van der Waals surface area contributed by atoms with Crippen LogP contribution in [0.3, 0.4) is 0 Å². The lowest BCUT2D eigenvalue weighted by atomic mass is 10.0. The van der Waals surface area contributed by atoms with Gasteiger partial charge in [-0.3, -0.25) is 4.79 Å². The number of nitriles is 1. The highest BCUT2D eigenvalue weighted by Crippen LogP contribution is 2.29. The SMILES string of the molecule is N#Cc1cnc(N2CCC(Nc3c(C(N)=O)cnc4[nH]ccc34)C(F)C2)cn1. The van der Waals surface area contributed by atoms with Gasteiger partial charge in [-0.2, -0.15) is 5.26 Å². The van der Waals surface area contributed by atoms with Crippen LogP contribution < -0.4 is 16.0 Å². The molecule has 3 aromatic rings. The van der Waals surface area contributed by atoms with Gasteiger partial charge in [-0.15, -0.1) is 0 Å². The first kappa shape index (κ1) is 17.7. The van der Waals surface area contributed by atoms with Crippen molar-refractivity contribution in [3.63, 3.8) is 0 Å². The molecule has 0 spiro atoms. The second kappa shape index (κ2) is 7.11. The maximum absolute atomic E-state index is 14.9. The summed E-state index contributed by atoms with van der Waals surface area (Å²) in [5.74, 6) is -0.103. The molecule has 2 unspecified atom stereocenters. The average Bonchev–Trinajstić information content (AvgIpc) is 3.18. The Morgan fingerprint density at radius 1 is 1.36 bits per heavy atom. The molecule has 3 aromatic heterocycles. The van der Waals surface area contributed by atoms with Crippen molar-refractivity contribution in [1.29, 1.82) is 5.26 Å². The van der Waals surface area contributed by atoms with E-state index in [-0.39, 0.29) is 17.8 Å². The molecule has 1 saturated heterocycles. The van der Waals surface area contributed by atoms with Crippen molar-refractivity contribution >= 4 is 28.4 Å². The molecule has 0 saturated carbocycles. The molecule has 1 aliphatic heterocycles. The third-order valence-electron chi connectivity index (χ3n) is 4.80. The number of amides is 1. The Morgan fingerprint density at radius 2 is 2.21 bits per heavy atom. The maximum Gasteiger partial charge on any atom is 0.252 e. The number of primary amides is 1. The summed E-state index contributed by atoms with van der Waals surface area (Å²) in [5, 5.41) is 12.6. The minimum absolute atomic E-state index is 0.117. The zero-order valence-electron chi connectivity index (χ0n) is 14.8. The lowest BCUT2D eigenvalue weighted by molar-refractivity contribution is 0.100. The van der Waals surface area contributed by atoms with Gasteiger partial charge in [0.25, 0.3) is 5.91 Å². The van der Waals surface area contributed by atoms with Crippen molar-refractivity contribution < 1.29 is 9.18 Å². The number of aromatic amines is 1. The standard InChI is InChI=1S/C18H17FN8O/c19-13-9-27(15-8-23-10(5-20)6-24-15)4-2-14(13)26-16-11-1-3-22-18(11)25-7-12(16)17(21)28/h1,3,6-8,13-14H,2,4,9H2,(H2,21,28)(H2,22,25,26). The van der Waals surface area contributed by atoms with Crippen LogP contribution in [-0.4, -0.2) is 51.1 Å². The first-order chi connectivity index (χ1) is 13.6. The van der Waals surface area contributed by atoms with E-state index in [1.54, 1.807) is 17.2 Å². The first-order valence-corrected chi connectivity index (χ1v) is 8.70. The molecule has 28 heavy (non-hydrogen) atoms. The van der Waals surface area contributed by atoms with E-state index in [9.17, 15) is 9.18 Å².